The van der Waals surface area contributed by atoms with E-state index in [0.717, 1.165) is 0 Å². The number of sulfonamides is 1. The molecule has 0 saturated carbocycles. The summed E-state index contributed by atoms with van der Waals surface area (Å²) in [6.45, 7) is 1.31. The van der Waals surface area contributed by atoms with Crippen LogP contribution in [0.1, 0.15) is 18.4 Å². The first kappa shape index (κ1) is 15.8. The number of aryl methyl sites for hydroxylation is 1. The van der Waals surface area contributed by atoms with Crippen LogP contribution in [0, 0.1) is 6.92 Å². The van der Waals surface area contributed by atoms with Crippen molar-refractivity contribution in [3.63, 3.8) is 0 Å². The van der Waals surface area contributed by atoms with Crippen LogP contribution in [-0.4, -0.2) is 21.1 Å². The molecule has 0 aromatic heterocycles. The maximum atomic E-state index is 11.9. The lowest BCUT2D eigenvalue weighted by molar-refractivity contribution is -0.135. The molecular formula is C11H15F3N2O2S. The molecule has 108 valence electrons. The van der Waals surface area contributed by atoms with E-state index >= 15 is 0 Å². The summed E-state index contributed by atoms with van der Waals surface area (Å²) >= 11 is 0. The number of anilines is 1. The molecule has 0 fully saturated rings. The summed E-state index contributed by atoms with van der Waals surface area (Å²) in [5, 5.41) is 0. The number of rotatable bonds is 5. The number of benzene rings is 1. The normalized spacial score (nSPS) is 12.6. The molecule has 1 aromatic rings. The lowest BCUT2D eigenvalue weighted by Crippen LogP contribution is -2.26. The van der Waals surface area contributed by atoms with Gasteiger partial charge >= 0.3 is 6.18 Å². The molecule has 0 spiro atoms. The van der Waals surface area contributed by atoms with Gasteiger partial charge in [0.15, 0.2) is 0 Å². The number of hydrogen-bond acceptors (Lipinski definition) is 3. The van der Waals surface area contributed by atoms with Crippen LogP contribution in [0.2, 0.25) is 0 Å². The molecule has 0 heterocycles. The van der Waals surface area contributed by atoms with E-state index in [-0.39, 0.29) is 17.9 Å². The largest absolute Gasteiger partial charge is 0.399 e. The van der Waals surface area contributed by atoms with Crippen molar-refractivity contribution in [2.75, 3.05) is 12.3 Å². The third-order valence-corrected chi connectivity index (χ3v) is 4.04. The highest BCUT2D eigenvalue weighted by Crippen LogP contribution is 2.21. The maximum absolute atomic E-state index is 11.9. The SMILES string of the molecule is Cc1cc(N)ccc1S(=O)(=O)NCCCC(F)(F)F. The van der Waals surface area contributed by atoms with Gasteiger partial charge in [-0.3, -0.25) is 0 Å². The lowest BCUT2D eigenvalue weighted by Gasteiger charge is -2.10. The average molecular weight is 296 g/mol. The zero-order valence-corrected chi connectivity index (χ0v) is 11.1. The summed E-state index contributed by atoms with van der Waals surface area (Å²) in [4.78, 5) is 0.0220. The van der Waals surface area contributed by atoms with Crippen LogP contribution < -0.4 is 10.5 Å². The molecule has 0 saturated heterocycles. The van der Waals surface area contributed by atoms with Gasteiger partial charge in [0.2, 0.25) is 10.0 Å². The van der Waals surface area contributed by atoms with E-state index in [1.54, 1.807) is 6.92 Å². The van der Waals surface area contributed by atoms with E-state index in [1.165, 1.54) is 18.2 Å². The van der Waals surface area contributed by atoms with Crippen LogP contribution in [0.3, 0.4) is 0 Å². The minimum atomic E-state index is -4.28. The van der Waals surface area contributed by atoms with Crippen molar-refractivity contribution in [1.29, 1.82) is 0 Å². The number of nitrogens with one attached hydrogen (secondary N) is 1. The lowest BCUT2D eigenvalue weighted by atomic mass is 10.2. The Morgan fingerprint density at radius 3 is 2.47 bits per heavy atom. The van der Waals surface area contributed by atoms with Crippen molar-refractivity contribution < 1.29 is 21.6 Å². The van der Waals surface area contributed by atoms with E-state index < -0.39 is 22.6 Å². The van der Waals surface area contributed by atoms with E-state index in [4.69, 9.17) is 5.73 Å². The van der Waals surface area contributed by atoms with Gasteiger partial charge in [-0.1, -0.05) is 0 Å². The van der Waals surface area contributed by atoms with Gasteiger partial charge in [0.25, 0.3) is 0 Å². The van der Waals surface area contributed by atoms with Crippen molar-refractivity contribution in [2.24, 2.45) is 0 Å². The highest BCUT2D eigenvalue weighted by Gasteiger charge is 2.26. The minimum absolute atomic E-state index is 0.0220. The maximum Gasteiger partial charge on any atom is 0.389 e. The van der Waals surface area contributed by atoms with Crippen molar-refractivity contribution in [3.8, 4) is 0 Å². The molecule has 1 aromatic carbocycles. The average Bonchev–Trinajstić information content (AvgIpc) is 2.22. The molecular weight excluding hydrogens is 281 g/mol. The first-order valence-electron chi connectivity index (χ1n) is 5.54. The molecule has 3 N–H and O–H groups in total. The molecule has 0 bridgehead atoms. The van der Waals surface area contributed by atoms with E-state index in [2.05, 4.69) is 4.72 Å². The van der Waals surface area contributed by atoms with Gasteiger partial charge in [0.1, 0.15) is 0 Å². The van der Waals surface area contributed by atoms with Gasteiger partial charge in [-0.2, -0.15) is 13.2 Å². The number of alkyl halides is 3. The van der Waals surface area contributed by atoms with Gasteiger partial charge in [-0.25, -0.2) is 13.1 Å². The second kappa shape index (κ2) is 5.79. The van der Waals surface area contributed by atoms with E-state index in [0.29, 0.717) is 11.3 Å². The Bertz CT molecular complexity index is 541. The number of nitrogen functional groups attached to an aromatic ring is 1. The monoisotopic (exact) mass is 296 g/mol. The number of nitrogens with two attached hydrogens (primary N) is 1. The van der Waals surface area contributed by atoms with Crippen LogP contribution in [0.4, 0.5) is 18.9 Å². The standard InChI is InChI=1S/C11H15F3N2O2S/c1-8-7-9(15)3-4-10(8)19(17,18)16-6-2-5-11(12,13)14/h3-4,7,16H,2,5-6,15H2,1H3. The summed E-state index contributed by atoms with van der Waals surface area (Å²) in [7, 11) is -3.80. The fraction of sp³-hybridized carbons (Fsp3) is 0.455. The predicted molar refractivity (Wildman–Crippen MR) is 66.1 cm³/mol. The highest BCUT2D eigenvalue weighted by atomic mass is 32.2. The fourth-order valence-electron chi connectivity index (χ4n) is 1.55. The third kappa shape index (κ3) is 5.07. The summed E-state index contributed by atoms with van der Waals surface area (Å²) in [5.74, 6) is 0. The molecule has 4 nitrogen and oxygen atoms in total. The van der Waals surface area contributed by atoms with Crippen LogP contribution in [0.25, 0.3) is 0 Å². The Hall–Kier alpha value is -1.28. The fourth-order valence-corrected chi connectivity index (χ4v) is 2.85. The van der Waals surface area contributed by atoms with Crippen LogP contribution in [0.5, 0.6) is 0 Å². The van der Waals surface area contributed by atoms with Crippen LogP contribution in [0.15, 0.2) is 23.1 Å². The molecule has 19 heavy (non-hydrogen) atoms. The molecule has 1 rings (SSSR count). The summed E-state index contributed by atoms with van der Waals surface area (Å²) < 4.78 is 61.6. The smallest absolute Gasteiger partial charge is 0.389 e. The van der Waals surface area contributed by atoms with Crippen molar-refractivity contribution in [3.05, 3.63) is 23.8 Å². The molecule has 0 unspecified atom stereocenters. The molecule has 0 aliphatic rings. The van der Waals surface area contributed by atoms with Gasteiger partial charge in [0, 0.05) is 18.7 Å². The van der Waals surface area contributed by atoms with Crippen molar-refractivity contribution >= 4 is 15.7 Å². The minimum Gasteiger partial charge on any atom is -0.399 e. The molecule has 8 heteroatoms. The summed E-state index contributed by atoms with van der Waals surface area (Å²) in [6, 6.07) is 4.25. The Morgan fingerprint density at radius 2 is 1.95 bits per heavy atom. The van der Waals surface area contributed by atoms with Crippen LogP contribution in [-0.2, 0) is 10.0 Å². The highest BCUT2D eigenvalue weighted by molar-refractivity contribution is 7.89. The first-order chi connectivity index (χ1) is 8.62. The molecule has 0 atom stereocenters. The van der Waals surface area contributed by atoms with E-state index in [9.17, 15) is 21.6 Å². The Balaban J connectivity index is 2.66. The zero-order valence-electron chi connectivity index (χ0n) is 10.3. The second-order valence-corrected chi connectivity index (χ2v) is 5.88. The number of hydrogen-bond donors (Lipinski definition) is 2. The second-order valence-electron chi connectivity index (χ2n) is 4.14. The van der Waals surface area contributed by atoms with Gasteiger partial charge in [0.05, 0.1) is 4.90 Å². The van der Waals surface area contributed by atoms with Gasteiger partial charge in [-0.05, 0) is 37.1 Å². The summed E-state index contributed by atoms with van der Waals surface area (Å²) in [6.07, 6.45) is -5.59. The van der Waals surface area contributed by atoms with Crippen molar-refractivity contribution in [1.82, 2.24) is 4.72 Å². The van der Waals surface area contributed by atoms with Crippen molar-refractivity contribution in [2.45, 2.75) is 30.8 Å². The first-order valence-corrected chi connectivity index (χ1v) is 7.03. The Kier molecular flexibility index (Phi) is 4.81. The molecule has 0 aliphatic heterocycles. The molecule has 0 aliphatic carbocycles. The van der Waals surface area contributed by atoms with Gasteiger partial charge in [-0.15, -0.1) is 0 Å². The zero-order chi connectivity index (χ0) is 14.7. The molecule has 0 amide bonds. The predicted octanol–water partition coefficient (Wildman–Crippen LogP) is 2.20. The summed E-state index contributed by atoms with van der Waals surface area (Å²) in [5.41, 5.74) is 6.37. The van der Waals surface area contributed by atoms with Gasteiger partial charge < -0.3 is 5.73 Å². The Labute approximate surface area is 109 Å². The Morgan fingerprint density at radius 1 is 1.32 bits per heavy atom. The topological polar surface area (TPSA) is 72.2 Å². The van der Waals surface area contributed by atoms with E-state index in [1.807, 2.05) is 0 Å². The quantitative estimate of drug-likeness (QED) is 0.646. The van der Waals surface area contributed by atoms with Crippen LogP contribution >= 0.6 is 0 Å². The molecule has 0 radical (unpaired) electrons. The number of halogens is 3. The third-order valence-electron chi connectivity index (χ3n) is 2.42.